The SMILES string of the molecule is CCCCNC1=CC=CCC=C1. The fraction of sp³-hybridized carbons (Fsp3) is 0.455. The van der Waals surface area contributed by atoms with Crippen molar-refractivity contribution in [1.82, 2.24) is 5.32 Å². The third-order valence-electron chi connectivity index (χ3n) is 1.84. The summed E-state index contributed by atoms with van der Waals surface area (Å²) in [4.78, 5) is 0. The van der Waals surface area contributed by atoms with Gasteiger partial charge in [-0.25, -0.2) is 0 Å². The number of hydrogen-bond acceptors (Lipinski definition) is 1. The van der Waals surface area contributed by atoms with Gasteiger partial charge in [-0.3, -0.25) is 0 Å². The van der Waals surface area contributed by atoms with Crippen LogP contribution in [0, 0.1) is 0 Å². The number of allylic oxidation sites excluding steroid dienone is 5. The van der Waals surface area contributed by atoms with Crippen LogP contribution in [0.5, 0.6) is 0 Å². The van der Waals surface area contributed by atoms with E-state index < -0.39 is 0 Å². The van der Waals surface area contributed by atoms with E-state index in [2.05, 4.69) is 42.6 Å². The van der Waals surface area contributed by atoms with Crippen molar-refractivity contribution in [1.29, 1.82) is 0 Å². The highest BCUT2D eigenvalue weighted by molar-refractivity contribution is 5.25. The molecule has 0 aromatic carbocycles. The molecule has 0 heterocycles. The molecule has 0 aromatic heterocycles. The maximum absolute atomic E-state index is 3.39. The van der Waals surface area contributed by atoms with Crippen LogP contribution >= 0.6 is 0 Å². The quantitative estimate of drug-likeness (QED) is 0.628. The van der Waals surface area contributed by atoms with Gasteiger partial charge in [-0.15, -0.1) is 0 Å². The van der Waals surface area contributed by atoms with E-state index in [0.29, 0.717) is 0 Å². The first-order chi connectivity index (χ1) is 5.93. The van der Waals surface area contributed by atoms with Crippen molar-refractivity contribution in [2.24, 2.45) is 0 Å². The fourth-order valence-electron chi connectivity index (χ4n) is 1.11. The normalized spacial score (nSPS) is 15.6. The van der Waals surface area contributed by atoms with E-state index >= 15 is 0 Å². The molecule has 0 fully saturated rings. The minimum absolute atomic E-state index is 1.05. The predicted octanol–water partition coefficient (Wildman–Crippen LogP) is 2.78. The maximum Gasteiger partial charge on any atom is 0.0336 e. The molecule has 0 atom stereocenters. The van der Waals surface area contributed by atoms with Crippen LogP contribution < -0.4 is 5.32 Å². The molecule has 1 rings (SSSR count). The lowest BCUT2D eigenvalue weighted by atomic mass is 10.3. The molecule has 1 heteroatoms. The Morgan fingerprint density at radius 3 is 3.17 bits per heavy atom. The first-order valence-corrected chi connectivity index (χ1v) is 4.70. The molecule has 66 valence electrons. The molecular formula is C11H17N. The zero-order chi connectivity index (χ0) is 8.65. The number of nitrogens with one attached hydrogen (secondary N) is 1. The van der Waals surface area contributed by atoms with Gasteiger partial charge in [0, 0.05) is 12.2 Å². The summed E-state index contributed by atoms with van der Waals surface area (Å²) in [6.07, 6.45) is 14.3. The van der Waals surface area contributed by atoms with Gasteiger partial charge < -0.3 is 5.32 Å². The van der Waals surface area contributed by atoms with Crippen molar-refractivity contribution >= 4 is 0 Å². The highest BCUT2D eigenvalue weighted by Gasteiger charge is 1.90. The molecular weight excluding hydrogens is 146 g/mol. The minimum Gasteiger partial charge on any atom is -0.385 e. The molecule has 0 amide bonds. The standard InChI is InChI=1S/C11H17N/c1-2-3-10-12-11-8-6-4-5-7-9-11/h4,6-9,12H,2-3,5,10H2,1H3. The molecule has 1 aliphatic rings. The van der Waals surface area contributed by atoms with E-state index in [9.17, 15) is 0 Å². The Morgan fingerprint density at radius 2 is 2.33 bits per heavy atom. The Labute approximate surface area is 74.9 Å². The fourth-order valence-corrected chi connectivity index (χ4v) is 1.11. The largest absolute Gasteiger partial charge is 0.385 e. The number of rotatable bonds is 4. The molecule has 1 N–H and O–H groups in total. The highest BCUT2D eigenvalue weighted by atomic mass is 14.9. The van der Waals surface area contributed by atoms with Gasteiger partial charge in [0.2, 0.25) is 0 Å². The zero-order valence-electron chi connectivity index (χ0n) is 7.72. The predicted molar refractivity (Wildman–Crippen MR) is 53.9 cm³/mol. The van der Waals surface area contributed by atoms with Crippen LogP contribution in [0.15, 0.2) is 36.1 Å². The summed E-state index contributed by atoms with van der Waals surface area (Å²) in [5.41, 5.74) is 1.23. The van der Waals surface area contributed by atoms with E-state index in [1.54, 1.807) is 0 Å². The van der Waals surface area contributed by atoms with Gasteiger partial charge in [0.15, 0.2) is 0 Å². The second kappa shape index (κ2) is 5.64. The smallest absolute Gasteiger partial charge is 0.0336 e. The van der Waals surface area contributed by atoms with Crippen molar-refractivity contribution in [2.45, 2.75) is 26.2 Å². The van der Waals surface area contributed by atoms with Gasteiger partial charge in [0.1, 0.15) is 0 Å². The number of unbranched alkanes of at least 4 members (excludes halogenated alkanes) is 1. The Kier molecular flexibility index (Phi) is 4.28. The highest BCUT2D eigenvalue weighted by Crippen LogP contribution is 2.01. The van der Waals surface area contributed by atoms with Gasteiger partial charge >= 0.3 is 0 Å². The monoisotopic (exact) mass is 163 g/mol. The summed E-state index contributed by atoms with van der Waals surface area (Å²) < 4.78 is 0. The lowest BCUT2D eigenvalue weighted by Gasteiger charge is -2.04. The topological polar surface area (TPSA) is 12.0 Å². The maximum atomic E-state index is 3.39. The molecule has 0 unspecified atom stereocenters. The molecule has 0 spiro atoms. The molecule has 0 saturated carbocycles. The molecule has 0 aromatic rings. The van der Waals surface area contributed by atoms with Crippen LogP contribution in [-0.4, -0.2) is 6.54 Å². The molecule has 1 nitrogen and oxygen atoms in total. The first kappa shape index (κ1) is 9.11. The molecule has 0 bridgehead atoms. The molecule has 0 aliphatic heterocycles. The van der Waals surface area contributed by atoms with Crippen molar-refractivity contribution < 1.29 is 0 Å². The van der Waals surface area contributed by atoms with E-state index in [1.165, 1.54) is 18.5 Å². The van der Waals surface area contributed by atoms with Crippen LogP contribution in [0.2, 0.25) is 0 Å². The third-order valence-corrected chi connectivity index (χ3v) is 1.84. The van der Waals surface area contributed by atoms with E-state index in [1.807, 2.05) is 0 Å². The second-order valence-corrected chi connectivity index (χ2v) is 2.97. The summed E-state index contributed by atoms with van der Waals surface area (Å²) in [5, 5.41) is 3.39. The van der Waals surface area contributed by atoms with Crippen LogP contribution in [-0.2, 0) is 0 Å². The van der Waals surface area contributed by atoms with Crippen LogP contribution in [0.25, 0.3) is 0 Å². The van der Waals surface area contributed by atoms with Crippen molar-refractivity contribution in [2.75, 3.05) is 6.54 Å². The summed E-state index contributed by atoms with van der Waals surface area (Å²) in [6, 6.07) is 0. The number of hydrogen-bond donors (Lipinski definition) is 1. The minimum atomic E-state index is 1.05. The molecule has 1 aliphatic carbocycles. The Balaban J connectivity index is 2.30. The van der Waals surface area contributed by atoms with E-state index in [0.717, 1.165) is 13.0 Å². The molecule has 0 saturated heterocycles. The lowest BCUT2D eigenvalue weighted by Crippen LogP contribution is -2.12. The zero-order valence-corrected chi connectivity index (χ0v) is 7.72. The average molecular weight is 163 g/mol. The summed E-state index contributed by atoms with van der Waals surface area (Å²) in [6.45, 7) is 3.29. The van der Waals surface area contributed by atoms with E-state index in [-0.39, 0.29) is 0 Å². The molecule has 12 heavy (non-hydrogen) atoms. The van der Waals surface area contributed by atoms with Crippen molar-refractivity contribution in [3.63, 3.8) is 0 Å². The third kappa shape index (κ3) is 3.42. The van der Waals surface area contributed by atoms with Gasteiger partial charge in [0.05, 0.1) is 0 Å². The van der Waals surface area contributed by atoms with Gasteiger partial charge in [-0.1, -0.05) is 31.6 Å². The Bertz CT molecular complexity index is 199. The average Bonchev–Trinajstić information content (AvgIpc) is 2.33. The van der Waals surface area contributed by atoms with Crippen molar-refractivity contribution in [3.05, 3.63) is 36.1 Å². The van der Waals surface area contributed by atoms with Gasteiger partial charge in [-0.05, 0) is 25.0 Å². The van der Waals surface area contributed by atoms with Gasteiger partial charge in [0.25, 0.3) is 0 Å². The van der Waals surface area contributed by atoms with Gasteiger partial charge in [-0.2, -0.15) is 0 Å². The second-order valence-electron chi connectivity index (χ2n) is 2.97. The Morgan fingerprint density at radius 1 is 1.42 bits per heavy atom. The van der Waals surface area contributed by atoms with Crippen molar-refractivity contribution in [3.8, 4) is 0 Å². The first-order valence-electron chi connectivity index (χ1n) is 4.70. The van der Waals surface area contributed by atoms with Crippen LogP contribution in [0.4, 0.5) is 0 Å². The summed E-state index contributed by atoms with van der Waals surface area (Å²) in [5.74, 6) is 0. The molecule has 0 radical (unpaired) electrons. The summed E-state index contributed by atoms with van der Waals surface area (Å²) in [7, 11) is 0. The lowest BCUT2D eigenvalue weighted by molar-refractivity contribution is 0.720. The van der Waals surface area contributed by atoms with Crippen LogP contribution in [0.1, 0.15) is 26.2 Å². The van der Waals surface area contributed by atoms with E-state index in [4.69, 9.17) is 0 Å². The summed E-state index contributed by atoms with van der Waals surface area (Å²) >= 11 is 0. The van der Waals surface area contributed by atoms with Crippen LogP contribution in [0.3, 0.4) is 0 Å². The Hall–Kier alpha value is -0.980.